The van der Waals surface area contributed by atoms with Crippen LogP contribution in [0.4, 0.5) is 0 Å². The minimum atomic E-state index is -5.87. The molecular formula is C5H5Cl2N10P. The maximum atomic E-state index is 8.59. The van der Waals surface area contributed by atoms with Crippen LogP contribution in [0.3, 0.4) is 0 Å². The topological polar surface area (TPSA) is 150 Å². The summed E-state index contributed by atoms with van der Waals surface area (Å²) >= 11 is 12.2. The number of azide groups is 1. The quantitative estimate of drug-likeness (QED) is 0.324. The van der Waals surface area contributed by atoms with Crippen LogP contribution in [0.1, 0.15) is 0 Å². The van der Waals surface area contributed by atoms with Gasteiger partial charge in [0.1, 0.15) is 0 Å². The van der Waals surface area contributed by atoms with Crippen molar-refractivity contribution in [3.8, 4) is 0 Å². The summed E-state index contributed by atoms with van der Waals surface area (Å²) in [5.74, 6) is 0. The zero-order chi connectivity index (χ0) is 13.8. The Balaban J connectivity index is 4.02. The van der Waals surface area contributed by atoms with Gasteiger partial charge in [0.15, 0.2) is 0 Å². The molecule has 1 heterocycles. The second-order valence-electron chi connectivity index (χ2n) is 3.00. The van der Waals surface area contributed by atoms with Gasteiger partial charge in [-0.3, -0.25) is 0 Å². The van der Waals surface area contributed by atoms with Crippen LogP contribution < -0.4 is 4.34 Å². The van der Waals surface area contributed by atoms with Crippen LogP contribution in [0.15, 0.2) is 45.2 Å². The molecule has 94 valence electrons. The van der Waals surface area contributed by atoms with Crippen molar-refractivity contribution in [2.45, 2.75) is 0 Å². The molecule has 1 aromatic heterocycles. The molecule has 1 aromatic rings. The van der Waals surface area contributed by atoms with Crippen LogP contribution in [0.25, 0.3) is 31.3 Å². The van der Waals surface area contributed by atoms with Crippen LogP contribution >= 0.6 is 27.7 Å². The molecule has 0 spiro atoms. The van der Waals surface area contributed by atoms with Gasteiger partial charge in [-0.1, -0.05) is 0 Å². The third-order valence-corrected chi connectivity index (χ3v) is 6.73. The molecule has 0 aliphatic carbocycles. The van der Waals surface area contributed by atoms with Crippen LogP contribution in [0.5, 0.6) is 0 Å². The minimum absolute atomic E-state index is 0.896. The van der Waals surface area contributed by atoms with Crippen molar-refractivity contribution in [2.75, 3.05) is 0 Å². The molecule has 0 amide bonds. The summed E-state index contributed by atoms with van der Waals surface area (Å²) in [7, 11) is 0. The number of aromatic nitrogens is 1. The first-order valence-corrected chi connectivity index (χ1v) is 8.49. The Morgan fingerprint density at radius 1 is 0.833 bits per heavy atom. The normalized spacial score (nSPS) is 13.9. The van der Waals surface area contributed by atoms with Crippen LogP contribution in [-0.2, 0) is 0 Å². The molecule has 13 heteroatoms. The van der Waals surface area contributed by atoms with Gasteiger partial charge in [0.05, 0.1) is 0 Å². The Labute approximate surface area is 109 Å². The van der Waals surface area contributed by atoms with E-state index in [4.69, 9.17) is 39.1 Å². The summed E-state index contributed by atoms with van der Waals surface area (Å²) in [5.41, 5.74) is 25.8. The summed E-state index contributed by atoms with van der Waals surface area (Å²) in [6, 6.07) is 4.56. The van der Waals surface area contributed by atoms with E-state index in [1.54, 1.807) is 6.07 Å². The molecule has 0 atom stereocenters. The van der Waals surface area contributed by atoms with Crippen molar-refractivity contribution >= 4 is 27.7 Å². The van der Waals surface area contributed by atoms with Gasteiger partial charge in [0.2, 0.25) is 0 Å². The Morgan fingerprint density at radius 3 is 1.56 bits per heavy atom. The molecular weight excluding hydrogens is 302 g/mol. The number of hydrogen-bond acceptors (Lipinski definition) is 3. The molecule has 10 nitrogen and oxygen atoms in total. The van der Waals surface area contributed by atoms with Crippen LogP contribution in [0.2, 0.25) is 0 Å². The second kappa shape index (κ2) is 4.08. The fourth-order valence-corrected chi connectivity index (χ4v) is 3.86. The summed E-state index contributed by atoms with van der Waals surface area (Å²) in [5, 5.41) is -5.87. The van der Waals surface area contributed by atoms with Crippen molar-refractivity contribution in [1.29, 1.82) is 0 Å². The zero-order valence-electron chi connectivity index (χ0n) is 8.56. The summed E-state index contributed by atoms with van der Waals surface area (Å²) < 4.78 is 0.896. The number of nitrogens with zero attached hydrogens (tertiary/aromatic N) is 10. The van der Waals surface area contributed by atoms with E-state index in [1.807, 2.05) is 0 Å². The number of pyridine rings is 1. The third kappa shape index (κ3) is 2.08. The Bertz CT molecular complexity index is 580. The molecule has 0 bridgehead atoms. The molecule has 0 aliphatic heterocycles. The molecule has 0 aliphatic rings. The maximum absolute atomic E-state index is 8.59. The number of rotatable bonds is 4. The molecule has 0 radical (unpaired) electrons. The molecule has 0 saturated heterocycles. The van der Waals surface area contributed by atoms with Crippen LogP contribution in [0, 0.1) is 0 Å². The van der Waals surface area contributed by atoms with E-state index in [0.717, 1.165) is 4.34 Å². The summed E-state index contributed by atoms with van der Waals surface area (Å²) in [6.45, 7) is 0. The third-order valence-electron chi connectivity index (χ3n) is 1.87. The van der Waals surface area contributed by atoms with Crippen LogP contribution in [-0.4, -0.2) is 0 Å². The fourth-order valence-electron chi connectivity index (χ4n) is 1.11. The van der Waals surface area contributed by atoms with Gasteiger partial charge in [0, 0.05) is 0 Å². The van der Waals surface area contributed by atoms with E-state index in [0.29, 0.717) is 0 Å². The molecule has 0 unspecified atom stereocenters. The van der Waals surface area contributed by atoms with Gasteiger partial charge in [-0.05, 0) is 0 Å². The molecule has 0 N–H and O–H groups in total. The van der Waals surface area contributed by atoms with Gasteiger partial charge < -0.3 is 0 Å². The molecule has 0 aromatic carbocycles. The first-order valence-electron chi connectivity index (χ1n) is 4.19. The van der Waals surface area contributed by atoms with Crippen molar-refractivity contribution in [3.63, 3.8) is 0 Å². The van der Waals surface area contributed by atoms with E-state index in [1.165, 1.54) is 24.5 Å². The Hall–Kier alpha value is -1.91. The van der Waals surface area contributed by atoms with Gasteiger partial charge in [-0.2, -0.15) is 0 Å². The molecule has 0 saturated carbocycles. The van der Waals surface area contributed by atoms with Crippen molar-refractivity contribution in [1.82, 2.24) is 0 Å². The SMILES string of the molecule is [N-]=[N+]=N[P-](Cl)(Cl)(N=[N+]=[N-])(N=[N+]=[N-])[n+]1ccccc1. The monoisotopic (exact) mass is 306 g/mol. The average Bonchev–Trinajstić information content (AvgIpc) is 2.31. The van der Waals surface area contributed by atoms with Crippen molar-refractivity contribution < 1.29 is 4.34 Å². The molecule has 18 heavy (non-hydrogen) atoms. The standard InChI is InChI=1S/C5H5Cl2N10P/c6-18(7,14-11-8,15-12-9,16-13-10)17-4-2-1-3-5-17/h1-5H. The van der Waals surface area contributed by atoms with Crippen molar-refractivity contribution in [3.05, 3.63) is 61.9 Å². The second-order valence-corrected chi connectivity index (χ2v) is 11.6. The zero-order valence-corrected chi connectivity index (χ0v) is 11.0. The Morgan fingerprint density at radius 2 is 1.22 bits per heavy atom. The Kier molecular flexibility index (Phi) is 3.21. The van der Waals surface area contributed by atoms with Gasteiger partial charge in [-0.25, -0.2) is 0 Å². The average molecular weight is 307 g/mol. The van der Waals surface area contributed by atoms with Crippen molar-refractivity contribution in [2.24, 2.45) is 14.7 Å². The number of hydrogen-bond donors (Lipinski definition) is 0. The predicted octanol–water partition coefficient (Wildman–Crippen LogP) is 4.81. The van der Waals surface area contributed by atoms with E-state index >= 15 is 0 Å². The van der Waals surface area contributed by atoms with E-state index in [9.17, 15) is 0 Å². The van der Waals surface area contributed by atoms with Gasteiger partial charge >= 0.3 is 109 Å². The van der Waals surface area contributed by atoms with Gasteiger partial charge in [0.25, 0.3) is 0 Å². The molecule has 0 fully saturated rings. The van der Waals surface area contributed by atoms with E-state index < -0.39 is 5.25 Å². The summed E-state index contributed by atoms with van der Waals surface area (Å²) in [6.07, 6.45) is 2.52. The first kappa shape index (κ1) is 14.2. The summed E-state index contributed by atoms with van der Waals surface area (Å²) in [4.78, 5) is 16.7. The molecule has 1 rings (SSSR count). The van der Waals surface area contributed by atoms with E-state index in [2.05, 4.69) is 29.4 Å². The predicted molar refractivity (Wildman–Crippen MR) is 68.1 cm³/mol. The first-order chi connectivity index (χ1) is 8.36. The fraction of sp³-hybridized carbons (Fsp3) is 0. The van der Waals surface area contributed by atoms with Gasteiger partial charge in [-0.15, -0.1) is 0 Å². The van der Waals surface area contributed by atoms with E-state index in [-0.39, 0.29) is 0 Å². The number of halogens is 2.